The number of piperidine rings is 1. The van der Waals surface area contributed by atoms with E-state index in [0.717, 1.165) is 47.8 Å². The van der Waals surface area contributed by atoms with Gasteiger partial charge in [0, 0.05) is 54.0 Å². The molecule has 0 aromatic carbocycles. The zero-order chi connectivity index (χ0) is 20.7. The van der Waals surface area contributed by atoms with Crippen LogP contribution in [0.4, 0.5) is 0 Å². The summed E-state index contributed by atoms with van der Waals surface area (Å²) in [7, 11) is 0. The van der Waals surface area contributed by atoms with Crippen LogP contribution >= 0.6 is 0 Å². The minimum absolute atomic E-state index is 0.0676. The predicted molar refractivity (Wildman–Crippen MR) is 108 cm³/mol. The van der Waals surface area contributed by atoms with Crippen molar-refractivity contribution < 1.29 is 9.32 Å². The quantitative estimate of drug-likeness (QED) is 0.730. The molecule has 1 saturated heterocycles. The van der Waals surface area contributed by atoms with Gasteiger partial charge >= 0.3 is 0 Å². The molecule has 0 spiro atoms. The number of likely N-dealkylation sites (tertiary alicyclic amines) is 1. The molecule has 4 heterocycles. The third-order valence-corrected chi connectivity index (χ3v) is 6.09. The van der Waals surface area contributed by atoms with E-state index in [1.165, 1.54) is 4.52 Å². The van der Waals surface area contributed by atoms with E-state index in [9.17, 15) is 9.59 Å². The maximum absolute atomic E-state index is 12.8. The molecule has 0 bridgehead atoms. The van der Waals surface area contributed by atoms with Gasteiger partial charge in [-0.05, 0) is 47.0 Å². The molecule has 8 heteroatoms. The van der Waals surface area contributed by atoms with Gasteiger partial charge in [0.15, 0.2) is 5.65 Å². The summed E-state index contributed by atoms with van der Waals surface area (Å²) in [6.07, 6.45) is 3.01. The molecule has 1 fully saturated rings. The van der Waals surface area contributed by atoms with Crippen LogP contribution in [0, 0.1) is 27.7 Å². The van der Waals surface area contributed by atoms with E-state index in [1.807, 2.05) is 31.7 Å². The third kappa shape index (κ3) is 3.59. The standard InChI is InChI=1S/C21H27N5O3/c1-12-13(2)22-19-10-18(23-26(19)21(12)28)16-6-5-9-25(11-16)20(27)8-7-17-14(3)24-29-15(17)4/h10,16,23H,5-9,11H2,1-4H3/t16-/m1/s1. The Hall–Kier alpha value is -2.90. The van der Waals surface area contributed by atoms with Crippen molar-refractivity contribution >= 4 is 11.6 Å². The highest BCUT2D eigenvalue weighted by Crippen LogP contribution is 2.27. The summed E-state index contributed by atoms with van der Waals surface area (Å²) >= 11 is 0. The van der Waals surface area contributed by atoms with E-state index in [2.05, 4.69) is 15.2 Å². The number of aromatic amines is 1. The summed E-state index contributed by atoms with van der Waals surface area (Å²) in [5.74, 6) is 1.11. The Morgan fingerprint density at radius 1 is 1.28 bits per heavy atom. The van der Waals surface area contributed by atoms with Gasteiger partial charge in [-0.15, -0.1) is 0 Å². The number of carbonyl (C=O) groups excluding carboxylic acids is 1. The highest BCUT2D eigenvalue weighted by Gasteiger charge is 2.26. The Morgan fingerprint density at radius 2 is 2.07 bits per heavy atom. The number of hydrogen-bond donors (Lipinski definition) is 1. The van der Waals surface area contributed by atoms with Gasteiger partial charge in [-0.2, -0.15) is 0 Å². The average molecular weight is 397 g/mol. The van der Waals surface area contributed by atoms with Crippen molar-refractivity contribution in [2.24, 2.45) is 0 Å². The number of aromatic nitrogens is 4. The molecule has 1 amide bonds. The summed E-state index contributed by atoms with van der Waals surface area (Å²) in [4.78, 5) is 31.7. The normalized spacial score (nSPS) is 17.2. The minimum Gasteiger partial charge on any atom is -0.361 e. The number of nitrogens with zero attached hydrogens (tertiary/aromatic N) is 4. The van der Waals surface area contributed by atoms with Crippen molar-refractivity contribution in [1.82, 2.24) is 24.7 Å². The fraction of sp³-hybridized carbons (Fsp3) is 0.524. The van der Waals surface area contributed by atoms with Crippen molar-refractivity contribution in [3.63, 3.8) is 0 Å². The Balaban J connectivity index is 1.48. The smallest absolute Gasteiger partial charge is 0.275 e. The van der Waals surface area contributed by atoms with E-state index in [1.54, 1.807) is 6.92 Å². The Bertz CT molecular complexity index is 1100. The molecule has 1 aliphatic rings. The summed E-state index contributed by atoms with van der Waals surface area (Å²) < 4.78 is 6.70. The molecule has 1 N–H and O–H groups in total. The molecule has 4 rings (SSSR count). The predicted octanol–water partition coefficient (Wildman–Crippen LogP) is 2.58. The second-order valence-corrected chi connectivity index (χ2v) is 8.01. The van der Waals surface area contributed by atoms with Crippen LogP contribution in [0.15, 0.2) is 15.4 Å². The zero-order valence-corrected chi connectivity index (χ0v) is 17.4. The number of aryl methyl sites for hydroxylation is 3. The van der Waals surface area contributed by atoms with Crippen molar-refractivity contribution in [2.75, 3.05) is 13.1 Å². The maximum Gasteiger partial charge on any atom is 0.275 e. The molecule has 0 saturated carbocycles. The van der Waals surface area contributed by atoms with E-state index >= 15 is 0 Å². The van der Waals surface area contributed by atoms with Crippen LogP contribution < -0.4 is 5.56 Å². The maximum atomic E-state index is 12.8. The molecule has 0 aliphatic carbocycles. The van der Waals surface area contributed by atoms with Crippen LogP contribution in [0.3, 0.4) is 0 Å². The van der Waals surface area contributed by atoms with Crippen LogP contribution in [0.25, 0.3) is 5.65 Å². The van der Waals surface area contributed by atoms with Crippen LogP contribution in [0.5, 0.6) is 0 Å². The zero-order valence-electron chi connectivity index (χ0n) is 17.4. The number of fused-ring (bicyclic) bond motifs is 1. The first-order valence-electron chi connectivity index (χ1n) is 10.1. The van der Waals surface area contributed by atoms with Gasteiger partial charge in [0.05, 0.1) is 5.69 Å². The lowest BCUT2D eigenvalue weighted by molar-refractivity contribution is -0.132. The average Bonchev–Trinajstić information content (AvgIpc) is 3.28. The van der Waals surface area contributed by atoms with Crippen LogP contribution in [0.2, 0.25) is 0 Å². The monoisotopic (exact) mass is 397 g/mol. The van der Waals surface area contributed by atoms with E-state index in [4.69, 9.17) is 4.52 Å². The Labute approximate surface area is 168 Å². The van der Waals surface area contributed by atoms with Crippen molar-refractivity contribution in [1.29, 1.82) is 0 Å². The van der Waals surface area contributed by atoms with Gasteiger partial charge in [0.1, 0.15) is 5.76 Å². The van der Waals surface area contributed by atoms with Gasteiger partial charge in [0.2, 0.25) is 5.91 Å². The molecule has 0 radical (unpaired) electrons. The SMILES string of the molecule is Cc1noc(C)c1CCC(=O)N1CCC[C@@H](c2cc3nc(C)c(C)c(=O)n3[nH]2)C1. The van der Waals surface area contributed by atoms with Gasteiger partial charge in [-0.25, -0.2) is 9.50 Å². The number of amides is 1. The number of rotatable bonds is 4. The molecule has 8 nitrogen and oxygen atoms in total. The van der Waals surface area contributed by atoms with Gasteiger partial charge in [0.25, 0.3) is 5.56 Å². The lowest BCUT2D eigenvalue weighted by Gasteiger charge is -2.32. The Morgan fingerprint density at radius 3 is 2.79 bits per heavy atom. The first-order chi connectivity index (χ1) is 13.8. The number of nitrogens with one attached hydrogen (secondary N) is 1. The summed E-state index contributed by atoms with van der Waals surface area (Å²) in [6.45, 7) is 8.85. The van der Waals surface area contributed by atoms with Crippen molar-refractivity contribution in [3.05, 3.63) is 50.4 Å². The molecular formula is C21H27N5O3. The molecule has 0 unspecified atom stereocenters. The fourth-order valence-electron chi connectivity index (χ4n) is 4.15. The largest absolute Gasteiger partial charge is 0.361 e. The van der Waals surface area contributed by atoms with E-state index in [-0.39, 0.29) is 17.4 Å². The highest BCUT2D eigenvalue weighted by molar-refractivity contribution is 5.76. The molecule has 3 aromatic rings. The molecule has 1 aliphatic heterocycles. The highest BCUT2D eigenvalue weighted by atomic mass is 16.5. The van der Waals surface area contributed by atoms with Crippen LogP contribution in [0.1, 0.15) is 59.1 Å². The van der Waals surface area contributed by atoms with E-state index in [0.29, 0.717) is 30.6 Å². The second kappa shape index (κ2) is 7.50. The first-order valence-corrected chi connectivity index (χ1v) is 10.1. The Kier molecular flexibility index (Phi) is 5.02. The third-order valence-electron chi connectivity index (χ3n) is 6.09. The summed E-state index contributed by atoms with van der Waals surface area (Å²) in [5.41, 5.74) is 4.81. The molecule has 1 atom stereocenters. The first kappa shape index (κ1) is 19.4. The van der Waals surface area contributed by atoms with Gasteiger partial charge in [-0.1, -0.05) is 5.16 Å². The fourth-order valence-corrected chi connectivity index (χ4v) is 4.15. The minimum atomic E-state index is -0.0676. The van der Waals surface area contributed by atoms with Crippen molar-refractivity contribution in [3.8, 4) is 0 Å². The van der Waals surface area contributed by atoms with Crippen LogP contribution in [-0.4, -0.2) is 43.7 Å². The van der Waals surface area contributed by atoms with Gasteiger partial charge < -0.3 is 9.42 Å². The number of H-pyrrole nitrogens is 1. The molecular weight excluding hydrogens is 370 g/mol. The van der Waals surface area contributed by atoms with Gasteiger partial charge in [-0.3, -0.25) is 14.7 Å². The lowest BCUT2D eigenvalue weighted by Crippen LogP contribution is -2.39. The lowest BCUT2D eigenvalue weighted by atomic mass is 9.94. The number of hydrogen-bond acceptors (Lipinski definition) is 5. The van der Waals surface area contributed by atoms with Crippen LogP contribution in [-0.2, 0) is 11.2 Å². The molecule has 154 valence electrons. The van der Waals surface area contributed by atoms with Crippen molar-refractivity contribution in [2.45, 2.75) is 59.3 Å². The van der Waals surface area contributed by atoms with E-state index < -0.39 is 0 Å². The number of carbonyl (C=O) groups is 1. The summed E-state index contributed by atoms with van der Waals surface area (Å²) in [6, 6.07) is 1.94. The second-order valence-electron chi connectivity index (χ2n) is 8.01. The molecule has 29 heavy (non-hydrogen) atoms. The summed E-state index contributed by atoms with van der Waals surface area (Å²) in [5, 5.41) is 7.17. The molecule has 3 aromatic heterocycles. The topological polar surface area (TPSA) is 96.5 Å².